The van der Waals surface area contributed by atoms with Gasteiger partial charge in [-0.15, -0.1) is 0 Å². The molecule has 0 amide bonds. The molecule has 8 N–H and O–H groups in total. The Labute approximate surface area is 120 Å². The summed E-state index contributed by atoms with van der Waals surface area (Å²) in [6.45, 7) is 0. The quantitative estimate of drug-likeness (QED) is 0.156. The molecule has 0 aliphatic rings. The highest BCUT2D eigenvalue weighted by molar-refractivity contribution is 6.03. The molecule has 106 valence electrons. The van der Waals surface area contributed by atoms with Crippen LogP contribution in [0.3, 0.4) is 0 Å². The van der Waals surface area contributed by atoms with Gasteiger partial charge >= 0.3 is 0 Å². The van der Waals surface area contributed by atoms with Gasteiger partial charge in [0.2, 0.25) is 0 Å². The van der Waals surface area contributed by atoms with Crippen molar-refractivity contribution in [2.24, 2.45) is 16.8 Å². The number of hydrogen-bond acceptors (Lipinski definition) is 5. The lowest BCUT2D eigenvalue weighted by Crippen LogP contribution is -2.31. The van der Waals surface area contributed by atoms with Crippen LogP contribution in [-0.2, 0) is 0 Å². The van der Waals surface area contributed by atoms with E-state index in [0.29, 0.717) is 11.5 Å². The number of nitrogen functional groups attached to an aromatic ring is 1. The topological polar surface area (TPSA) is 131 Å². The van der Waals surface area contributed by atoms with Crippen LogP contribution in [0.5, 0.6) is 0 Å². The Morgan fingerprint density at radius 2 is 2.05 bits per heavy atom. The SMILES string of the molecule is N/N=C(\NN)c1ccc2[nH]nc(-c3cccc(N)c3)c2c1. The number of nitrogens with two attached hydrogens (primary N) is 3. The first kappa shape index (κ1) is 12.9. The molecule has 3 aromatic rings. The van der Waals surface area contributed by atoms with Gasteiger partial charge < -0.3 is 17.0 Å². The summed E-state index contributed by atoms with van der Waals surface area (Å²) in [7, 11) is 0. The highest BCUT2D eigenvalue weighted by Crippen LogP contribution is 2.28. The first-order valence-corrected chi connectivity index (χ1v) is 6.32. The van der Waals surface area contributed by atoms with Crippen LogP contribution >= 0.6 is 0 Å². The van der Waals surface area contributed by atoms with E-state index in [2.05, 4.69) is 20.7 Å². The fraction of sp³-hybridized carbons (Fsp3) is 0. The Kier molecular flexibility index (Phi) is 3.17. The van der Waals surface area contributed by atoms with E-state index in [1.165, 1.54) is 0 Å². The Balaban J connectivity index is 2.18. The van der Waals surface area contributed by atoms with Crippen molar-refractivity contribution in [1.29, 1.82) is 0 Å². The number of nitrogens with zero attached hydrogens (tertiary/aromatic N) is 2. The molecule has 0 aliphatic heterocycles. The molecular weight excluding hydrogens is 266 g/mol. The van der Waals surface area contributed by atoms with E-state index in [0.717, 1.165) is 27.7 Å². The van der Waals surface area contributed by atoms with Gasteiger partial charge in [0.05, 0.1) is 11.2 Å². The molecule has 7 heteroatoms. The van der Waals surface area contributed by atoms with E-state index < -0.39 is 0 Å². The summed E-state index contributed by atoms with van der Waals surface area (Å²) in [5, 5.41) is 11.9. The number of rotatable bonds is 2. The summed E-state index contributed by atoms with van der Waals surface area (Å²) in [6, 6.07) is 13.2. The normalized spacial score (nSPS) is 11.8. The summed E-state index contributed by atoms with van der Waals surface area (Å²) >= 11 is 0. The van der Waals surface area contributed by atoms with Crippen molar-refractivity contribution in [3.63, 3.8) is 0 Å². The lowest BCUT2D eigenvalue weighted by atomic mass is 10.0. The van der Waals surface area contributed by atoms with Gasteiger partial charge in [0.1, 0.15) is 0 Å². The van der Waals surface area contributed by atoms with Gasteiger partial charge in [-0.3, -0.25) is 5.10 Å². The van der Waals surface area contributed by atoms with Gasteiger partial charge in [0, 0.05) is 22.2 Å². The standard InChI is InChI=1S/C14H15N7/c15-10-3-1-2-8(6-10)13-11-7-9(14(18-16)19-17)4-5-12(11)20-21-13/h1-7H,15-17H2,(H,18,19)(H,20,21). The minimum atomic E-state index is 0.400. The van der Waals surface area contributed by atoms with Crippen molar-refractivity contribution in [2.75, 3.05) is 5.73 Å². The first-order chi connectivity index (χ1) is 10.2. The summed E-state index contributed by atoms with van der Waals surface area (Å²) in [6.07, 6.45) is 0. The third-order valence-corrected chi connectivity index (χ3v) is 3.26. The van der Waals surface area contributed by atoms with Crippen molar-refractivity contribution >= 4 is 22.4 Å². The van der Waals surface area contributed by atoms with E-state index in [4.69, 9.17) is 17.4 Å². The van der Waals surface area contributed by atoms with E-state index in [1.54, 1.807) is 0 Å². The molecule has 1 heterocycles. The van der Waals surface area contributed by atoms with Crippen molar-refractivity contribution in [1.82, 2.24) is 15.6 Å². The molecule has 0 unspecified atom stereocenters. The summed E-state index contributed by atoms with van der Waals surface area (Å²) in [5.74, 6) is 11.1. The van der Waals surface area contributed by atoms with Crippen LogP contribution in [0.4, 0.5) is 5.69 Å². The summed E-state index contributed by atoms with van der Waals surface area (Å²) < 4.78 is 0. The number of aromatic amines is 1. The van der Waals surface area contributed by atoms with Gasteiger partial charge in [0.15, 0.2) is 5.84 Å². The molecule has 21 heavy (non-hydrogen) atoms. The van der Waals surface area contributed by atoms with Crippen LogP contribution in [-0.4, -0.2) is 16.0 Å². The predicted octanol–water partition coefficient (Wildman–Crippen LogP) is 0.896. The smallest absolute Gasteiger partial charge is 0.166 e. The van der Waals surface area contributed by atoms with Gasteiger partial charge in [-0.05, 0) is 30.3 Å². The Morgan fingerprint density at radius 3 is 2.76 bits per heavy atom. The molecule has 0 fully saturated rings. The average molecular weight is 281 g/mol. The highest BCUT2D eigenvalue weighted by atomic mass is 15.3. The van der Waals surface area contributed by atoms with Gasteiger partial charge in [0.25, 0.3) is 0 Å². The van der Waals surface area contributed by atoms with Gasteiger partial charge in [-0.25, -0.2) is 5.84 Å². The molecular formula is C14H15N7. The number of fused-ring (bicyclic) bond motifs is 1. The monoisotopic (exact) mass is 281 g/mol. The molecule has 0 bridgehead atoms. The molecule has 0 spiro atoms. The summed E-state index contributed by atoms with van der Waals surface area (Å²) in [5.41, 5.74) is 12.4. The van der Waals surface area contributed by atoms with E-state index in [9.17, 15) is 0 Å². The lowest BCUT2D eigenvalue weighted by molar-refractivity contribution is 1.00. The molecule has 0 atom stereocenters. The third-order valence-electron chi connectivity index (χ3n) is 3.26. The highest BCUT2D eigenvalue weighted by Gasteiger charge is 2.11. The van der Waals surface area contributed by atoms with Crippen LogP contribution in [0.25, 0.3) is 22.2 Å². The summed E-state index contributed by atoms with van der Waals surface area (Å²) in [4.78, 5) is 0. The van der Waals surface area contributed by atoms with E-state index in [1.807, 2.05) is 42.5 Å². The van der Waals surface area contributed by atoms with Crippen LogP contribution in [0.15, 0.2) is 47.6 Å². The number of hydrazine groups is 1. The molecule has 0 saturated heterocycles. The fourth-order valence-electron chi connectivity index (χ4n) is 2.26. The number of benzene rings is 2. The maximum absolute atomic E-state index is 5.83. The van der Waals surface area contributed by atoms with E-state index >= 15 is 0 Å². The first-order valence-electron chi connectivity index (χ1n) is 6.32. The van der Waals surface area contributed by atoms with Crippen LogP contribution < -0.4 is 22.8 Å². The number of amidine groups is 1. The maximum atomic E-state index is 5.83. The number of anilines is 1. The Hall–Kier alpha value is -3.06. The number of H-pyrrole nitrogens is 1. The number of hydrazone groups is 1. The molecule has 0 aliphatic carbocycles. The fourth-order valence-corrected chi connectivity index (χ4v) is 2.26. The minimum absolute atomic E-state index is 0.400. The second kappa shape index (κ2) is 5.14. The van der Waals surface area contributed by atoms with Crippen LogP contribution in [0.2, 0.25) is 0 Å². The molecule has 0 radical (unpaired) electrons. The third kappa shape index (κ3) is 2.26. The second-order valence-electron chi connectivity index (χ2n) is 4.58. The zero-order chi connectivity index (χ0) is 14.8. The maximum Gasteiger partial charge on any atom is 0.166 e. The van der Waals surface area contributed by atoms with Crippen molar-refractivity contribution in [3.8, 4) is 11.3 Å². The van der Waals surface area contributed by atoms with Crippen LogP contribution in [0, 0.1) is 0 Å². The minimum Gasteiger partial charge on any atom is -0.399 e. The number of nitrogens with one attached hydrogen (secondary N) is 2. The number of aromatic nitrogens is 2. The van der Waals surface area contributed by atoms with Crippen molar-refractivity contribution < 1.29 is 0 Å². The molecule has 2 aromatic carbocycles. The molecule has 3 rings (SSSR count). The molecule has 1 aromatic heterocycles. The largest absolute Gasteiger partial charge is 0.399 e. The van der Waals surface area contributed by atoms with E-state index in [-0.39, 0.29) is 0 Å². The zero-order valence-electron chi connectivity index (χ0n) is 11.2. The molecule has 7 nitrogen and oxygen atoms in total. The van der Waals surface area contributed by atoms with Gasteiger partial charge in [-0.2, -0.15) is 10.2 Å². The number of hydrogen-bond donors (Lipinski definition) is 5. The average Bonchev–Trinajstić information content (AvgIpc) is 2.92. The Morgan fingerprint density at radius 1 is 1.19 bits per heavy atom. The lowest BCUT2D eigenvalue weighted by Gasteiger charge is -2.05. The van der Waals surface area contributed by atoms with Crippen molar-refractivity contribution in [2.45, 2.75) is 0 Å². The Bertz CT molecular complexity index is 819. The van der Waals surface area contributed by atoms with Crippen LogP contribution in [0.1, 0.15) is 5.56 Å². The second-order valence-corrected chi connectivity index (χ2v) is 4.58. The van der Waals surface area contributed by atoms with Crippen molar-refractivity contribution in [3.05, 3.63) is 48.0 Å². The van der Waals surface area contributed by atoms with Gasteiger partial charge in [-0.1, -0.05) is 12.1 Å². The molecule has 0 saturated carbocycles. The predicted molar refractivity (Wildman–Crippen MR) is 84.0 cm³/mol. The zero-order valence-corrected chi connectivity index (χ0v) is 11.2.